The first kappa shape index (κ1) is 20.3. The largest absolute Gasteiger partial charge is 0.493 e. The molecule has 1 unspecified atom stereocenters. The lowest BCUT2D eigenvalue weighted by molar-refractivity contribution is -0.143. The minimum Gasteiger partial charge on any atom is -0.493 e. The van der Waals surface area contributed by atoms with Gasteiger partial charge in [-0.05, 0) is 42.5 Å². The molecule has 0 saturated carbocycles. The van der Waals surface area contributed by atoms with E-state index in [0.717, 1.165) is 28.7 Å². The third kappa shape index (κ3) is 3.89. The number of carbonyl (C=O) groups excluding carboxylic acids is 1. The molecule has 1 amide bonds. The molecule has 1 aliphatic heterocycles. The van der Waals surface area contributed by atoms with E-state index in [-0.39, 0.29) is 5.69 Å². The van der Waals surface area contributed by atoms with Gasteiger partial charge in [0.1, 0.15) is 11.6 Å². The third-order valence-electron chi connectivity index (χ3n) is 4.54. The summed E-state index contributed by atoms with van der Waals surface area (Å²) in [6, 6.07) is 8.88. The van der Waals surface area contributed by atoms with Crippen LogP contribution in [0.1, 0.15) is 34.2 Å². The monoisotopic (exact) mass is 484 g/mol. The van der Waals surface area contributed by atoms with Gasteiger partial charge < -0.3 is 10.1 Å². The molecule has 0 fully saturated rings. The Hall–Kier alpha value is -2.95. The predicted octanol–water partition coefficient (Wildman–Crippen LogP) is 4.44. The minimum absolute atomic E-state index is 0.0735. The quantitative estimate of drug-likeness (QED) is 0.558. The average Bonchev–Trinajstić information content (AvgIpc) is 3.15. The number of carbonyl (C=O) groups is 1. The van der Waals surface area contributed by atoms with Crippen LogP contribution in [0.15, 0.2) is 46.9 Å². The van der Waals surface area contributed by atoms with Crippen LogP contribution in [0.2, 0.25) is 0 Å². The van der Waals surface area contributed by atoms with Gasteiger partial charge in [-0.2, -0.15) is 13.2 Å². The Morgan fingerprint density at radius 3 is 2.63 bits per heavy atom. The number of alkyl halides is 3. The van der Waals surface area contributed by atoms with Crippen LogP contribution in [0.5, 0.6) is 5.75 Å². The van der Waals surface area contributed by atoms with E-state index in [9.17, 15) is 22.4 Å². The molecule has 156 valence electrons. The van der Waals surface area contributed by atoms with Crippen molar-refractivity contribution in [3.05, 3.63) is 69.7 Å². The molecule has 4 rings (SSSR count). The molecule has 6 nitrogen and oxygen atoms in total. The predicted molar refractivity (Wildman–Crippen MR) is 101 cm³/mol. The van der Waals surface area contributed by atoms with Crippen LogP contribution in [0.25, 0.3) is 5.69 Å². The molecule has 11 heteroatoms. The smallest absolute Gasteiger partial charge is 0.435 e. The second kappa shape index (κ2) is 7.71. The fourth-order valence-electron chi connectivity index (χ4n) is 3.19. The maximum absolute atomic E-state index is 13.8. The van der Waals surface area contributed by atoms with E-state index < -0.39 is 35.3 Å². The van der Waals surface area contributed by atoms with E-state index in [1.54, 1.807) is 18.2 Å². The summed E-state index contributed by atoms with van der Waals surface area (Å²) in [5.41, 5.74) is -1.64. The van der Waals surface area contributed by atoms with E-state index in [2.05, 4.69) is 31.6 Å². The molecule has 1 aliphatic rings. The van der Waals surface area contributed by atoms with Crippen LogP contribution in [0.3, 0.4) is 0 Å². The number of aromatic nitrogens is 3. The fraction of sp³-hybridized carbons (Fsp3) is 0.211. The molecule has 0 saturated heterocycles. The third-order valence-corrected chi connectivity index (χ3v) is 5.03. The summed E-state index contributed by atoms with van der Waals surface area (Å²) in [5.74, 6) is -1.09. The van der Waals surface area contributed by atoms with Crippen molar-refractivity contribution in [1.29, 1.82) is 0 Å². The summed E-state index contributed by atoms with van der Waals surface area (Å²) in [6.07, 6.45) is -4.54. The van der Waals surface area contributed by atoms with Gasteiger partial charge >= 0.3 is 6.18 Å². The molecule has 3 aromatic rings. The summed E-state index contributed by atoms with van der Waals surface area (Å²) in [5, 5.41) is 9.54. The zero-order valence-electron chi connectivity index (χ0n) is 15.1. The molecule has 0 bridgehead atoms. The van der Waals surface area contributed by atoms with Gasteiger partial charge in [-0.3, -0.25) is 4.79 Å². The molecular weight excluding hydrogens is 472 g/mol. The van der Waals surface area contributed by atoms with Crippen molar-refractivity contribution >= 4 is 21.8 Å². The zero-order valence-corrected chi connectivity index (χ0v) is 16.7. The number of hydrogen-bond donors (Lipinski definition) is 1. The maximum atomic E-state index is 13.8. The topological polar surface area (TPSA) is 69.0 Å². The van der Waals surface area contributed by atoms with Gasteiger partial charge in [-0.15, -0.1) is 5.10 Å². The van der Waals surface area contributed by atoms with Gasteiger partial charge in [0.15, 0.2) is 11.4 Å². The lowest BCUT2D eigenvalue weighted by Crippen LogP contribution is -2.33. The van der Waals surface area contributed by atoms with Crippen LogP contribution in [-0.4, -0.2) is 27.5 Å². The Balaban J connectivity index is 1.69. The van der Waals surface area contributed by atoms with Gasteiger partial charge in [-0.1, -0.05) is 21.1 Å². The average molecular weight is 485 g/mol. The van der Waals surface area contributed by atoms with Crippen molar-refractivity contribution in [1.82, 2.24) is 20.3 Å². The number of hydrogen-bond acceptors (Lipinski definition) is 4. The maximum Gasteiger partial charge on any atom is 0.435 e. The van der Waals surface area contributed by atoms with Crippen LogP contribution in [0, 0.1) is 5.82 Å². The molecule has 1 atom stereocenters. The van der Waals surface area contributed by atoms with Gasteiger partial charge in [0.2, 0.25) is 0 Å². The Bertz CT molecular complexity index is 1100. The number of nitrogens with zero attached hydrogens (tertiary/aromatic N) is 3. The summed E-state index contributed by atoms with van der Waals surface area (Å²) < 4.78 is 61.2. The SMILES string of the molecule is O=C(NC1CCOc2ccc(Br)cc21)c1nnn(-c2ccc(F)cc2)c1C(F)(F)F. The minimum atomic E-state index is -4.92. The van der Waals surface area contributed by atoms with Crippen LogP contribution in [0.4, 0.5) is 17.6 Å². The van der Waals surface area contributed by atoms with Crippen LogP contribution in [-0.2, 0) is 6.18 Å². The Kier molecular flexibility index (Phi) is 5.22. The highest BCUT2D eigenvalue weighted by molar-refractivity contribution is 9.10. The van der Waals surface area contributed by atoms with Gasteiger partial charge in [-0.25, -0.2) is 9.07 Å². The van der Waals surface area contributed by atoms with Crippen molar-refractivity contribution in [2.45, 2.75) is 18.6 Å². The van der Waals surface area contributed by atoms with Crippen LogP contribution < -0.4 is 10.1 Å². The lowest BCUT2D eigenvalue weighted by atomic mass is 10.0. The summed E-state index contributed by atoms with van der Waals surface area (Å²) in [7, 11) is 0. The Labute approximate surface area is 176 Å². The molecule has 1 N–H and O–H groups in total. The Morgan fingerprint density at radius 2 is 1.93 bits per heavy atom. The number of nitrogens with one attached hydrogen (secondary N) is 1. The van der Waals surface area contributed by atoms with E-state index in [1.807, 2.05) is 0 Å². The van der Waals surface area contributed by atoms with Crippen molar-refractivity contribution in [3.63, 3.8) is 0 Å². The first-order valence-electron chi connectivity index (χ1n) is 8.76. The number of fused-ring (bicyclic) bond motifs is 1. The number of rotatable bonds is 3. The summed E-state index contributed by atoms with van der Waals surface area (Å²) >= 11 is 3.33. The summed E-state index contributed by atoms with van der Waals surface area (Å²) in [6.45, 7) is 0.300. The normalized spacial score (nSPS) is 16.0. The van der Waals surface area contributed by atoms with Crippen molar-refractivity contribution < 1.29 is 27.1 Å². The molecule has 0 spiro atoms. The second-order valence-electron chi connectivity index (χ2n) is 6.52. The number of halogens is 5. The van der Waals surface area contributed by atoms with Crippen molar-refractivity contribution in [2.24, 2.45) is 0 Å². The number of benzene rings is 2. The lowest BCUT2D eigenvalue weighted by Gasteiger charge is -2.26. The second-order valence-corrected chi connectivity index (χ2v) is 7.43. The molecule has 2 heterocycles. The molecular formula is C19H13BrF4N4O2. The van der Waals surface area contributed by atoms with E-state index >= 15 is 0 Å². The first-order valence-corrected chi connectivity index (χ1v) is 9.55. The summed E-state index contributed by atoms with van der Waals surface area (Å²) in [4.78, 5) is 12.7. The molecule has 30 heavy (non-hydrogen) atoms. The molecule has 0 aliphatic carbocycles. The standard InChI is InChI=1S/C19H13BrF4N4O2/c20-10-1-6-15-13(9-10)14(7-8-30-15)25-18(29)16-17(19(22,23)24)28(27-26-16)12-4-2-11(21)3-5-12/h1-6,9,14H,7-8H2,(H,25,29). The van der Waals surface area contributed by atoms with E-state index in [4.69, 9.17) is 4.74 Å². The van der Waals surface area contributed by atoms with Crippen molar-refractivity contribution in [2.75, 3.05) is 6.61 Å². The van der Waals surface area contributed by atoms with Crippen molar-refractivity contribution in [3.8, 4) is 11.4 Å². The highest BCUT2D eigenvalue weighted by Gasteiger charge is 2.42. The van der Waals surface area contributed by atoms with Crippen LogP contribution >= 0.6 is 15.9 Å². The van der Waals surface area contributed by atoms with E-state index in [0.29, 0.717) is 29.0 Å². The molecule has 2 aromatic carbocycles. The number of amides is 1. The molecule has 1 aromatic heterocycles. The number of ether oxygens (including phenoxy) is 1. The zero-order chi connectivity index (χ0) is 21.5. The molecule has 0 radical (unpaired) electrons. The van der Waals surface area contributed by atoms with Gasteiger partial charge in [0, 0.05) is 16.5 Å². The highest BCUT2D eigenvalue weighted by Crippen LogP contribution is 2.36. The highest BCUT2D eigenvalue weighted by atomic mass is 79.9. The first-order chi connectivity index (χ1) is 14.2. The van der Waals surface area contributed by atoms with Gasteiger partial charge in [0.05, 0.1) is 18.3 Å². The van der Waals surface area contributed by atoms with Gasteiger partial charge in [0.25, 0.3) is 5.91 Å². The fourth-order valence-corrected chi connectivity index (χ4v) is 3.57. The Morgan fingerprint density at radius 1 is 1.20 bits per heavy atom. The van der Waals surface area contributed by atoms with E-state index in [1.165, 1.54) is 0 Å².